The lowest BCUT2D eigenvalue weighted by atomic mass is 10.3. The van der Waals surface area contributed by atoms with Gasteiger partial charge in [-0.25, -0.2) is 4.68 Å². The first-order valence-electron chi connectivity index (χ1n) is 3.75. The quantitative estimate of drug-likeness (QED) is 0.599. The smallest absolute Gasteiger partial charge is 0.113 e. The fraction of sp³-hybridized carbons (Fsp3) is 0.125. The molecule has 0 unspecified atom stereocenters. The van der Waals surface area contributed by atoms with Crippen molar-refractivity contribution in [2.24, 2.45) is 0 Å². The molecule has 0 fully saturated rings. The number of carbonyl (C=O) groups excluding carboxylic acids is 1. The summed E-state index contributed by atoms with van der Waals surface area (Å²) in [7, 11) is 0. The van der Waals surface area contributed by atoms with Crippen molar-refractivity contribution >= 4 is 17.0 Å². The molecule has 0 aliphatic carbocycles. The van der Waals surface area contributed by atoms with E-state index in [1.54, 1.807) is 18.2 Å². The van der Waals surface area contributed by atoms with Crippen LogP contribution in [0, 0.1) is 0 Å². The normalized spacial score (nSPS) is 10.5. The molecule has 66 valence electrons. The Morgan fingerprint density at radius 2 is 2.23 bits per heavy atom. The van der Waals surface area contributed by atoms with Crippen LogP contribution in [0.2, 0.25) is 0 Å². The minimum Gasteiger partial charge on any atom is -0.548 e. The zero-order valence-electron chi connectivity index (χ0n) is 6.67. The van der Waals surface area contributed by atoms with Crippen LogP contribution in [0.3, 0.4) is 0 Å². The summed E-state index contributed by atoms with van der Waals surface area (Å²) in [5.41, 5.74) is 1.38. The molecule has 5 heteroatoms. The third kappa shape index (κ3) is 1.35. The Kier molecular flexibility index (Phi) is 1.70. The van der Waals surface area contributed by atoms with E-state index < -0.39 is 5.97 Å². The number of para-hydroxylation sites is 1. The molecule has 13 heavy (non-hydrogen) atoms. The molecule has 2 rings (SSSR count). The zero-order valence-corrected chi connectivity index (χ0v) is 6.67. The van der Waals surface area contributed by atoms with Gasteiger partial charge in [-0.3, -0.25) is 0 Å². The number of hydrogen-bond acceptors (Lipinski definition) is 4. The fourth-order valence-electron chi connectivity index (χ4n) is 1.16. The molecule has 2 aromatic rings. The average molecular weight is 176 g/mol. The number of nitrogens with zero attached hydrogens (tertiary/aromatic N) is 3. The molecule has 0 N–H and O–H groups in total. The first-order chi connectivity index (χ1) is 6.27. The third-order valence-electron chi connectivity index (χ3n) is 1.70. The Morgan fingerprint density at radius 3 is 3.00 bits per heavy atom. The predicted molar refractivity (Wildman–Crippen MR) is 42.5 cm³/mol. The number of hydrogen-bond donors (Lipinski definition) is 0. The summed E-state index contributed by atoms with van der Waals surface area (Å²) in [5.74, 6) is -1.17. The number of benzene rings is 1. The van der Waals surface area contributed by atoms with Crippen molar-refractivity contribution in [2.45, 2.75) is 6.54 Å². The highest BCUT2D eigenvalue weighted by atomic mass is 16.4. The maximum atomic E-state index is 10.3. The largest absolute Gasteiger partial charge is 0.548 e. The van der Waals surface area contributed by atoms with Crippen LogP contribution >= 0.6 is 0 Å². The Bertz CT molecular complexity index is 449. The standard InChI is InChI=1S/C8H7N3O2/c12-8(13)5-11-7-4-2-1-3-6(7)9-10-11/h1-4H,5H2,(H,12,13)/p-1. The number of fused-ring (bicyclic) bond motifs is 1. The molecule has 5 nitrogen and oxygen atoms in total. The summed E-state index contributed by atoms with van der Waals surface area (Å²) < 4.78 is 1.30. The molecule has 1 aromatic carbocycles. The maximum absolute atomic E-state index is 10.3. The van der Waals surface area contributed by atoms with E-state index in [0.29, 0.717) is 11.0 Å². The number of aromatic nitrogens is 3. The van der Waals surface area contributed by atoms with Crippen molar-refractivity contribution in [2.75, 3.05) is 0 Å². The molecule has 0 saturated heterocycles. The van der Waals surface area contributed by atoms with E-state index in [0.717, 1.165) is 0 Å². The lowest BCUT2D eigenvalue weighted by Gasteiger charge is -2.01. The second kappa shape index (κ2) is 2.85. The summed E-state index contributed by atoms with van der Waals surface area (Å²) in [6, 6.07) is 7.16. The van der Waals surface area contributed by atoms with Gasteiger partial charge in [-0.15, -0.1) is 5.10 Å². The monoisotopic (exact) mass is 176 g/mol. The van der Waals surface area contributed by atoms with E-state index in [1.807, 2.05) is 6.07 Å². The van der Waals surface area contributed by atoms with Crippen LogP contribution in [0.5, 0.6) is 0 Å². The van der Waals surface area contributed by atoms with Crippen LogP contribution in [-0.2, 0) is 11.3 Å². The van der Waals surface area contributed by atoms with Crippen LogP contribution in [0.4, 0.5) is 0 Å². The minimum atomic E-state index is -1.17. The number of carbonyl (C=O) groups is 1. The SMILES string of the molecule is O=C([O-])Cn1nnc2ccccc21. The van der Waals surface area contributed by atoms with Gasteiger partial charge < -0.3 is 9.90 Å². The molecule has 1 heterocycles. The van der Waals surface area contributed by atoms with E-state index in [1.165, 1.54) is 4.68 Å². The second-order valence-corrected chi connectivity index (χ2v) is 2.61. The van der Waals surface area contributed by atoms with Crippen LogP contribution in [0.1, 0.15) is 0 Å². The summed E-state index contributed by atoms with van der Waals surface area (Å²) in [5, 5.41) is 17.8. The molecular formula is C8H6N3O2-. The van der Waals surface area contributed by atoms with E-state index in [9.17, 15) is 9.90 Å². The molecule has 0 radical (unpaired) electrons. The van der Waals surface area contributed by atoms with Gasteiger partial charge in [-0.05, 0) is 12.1 Å². The Labute approximate surface area is 73.6 Å². The van der Waals surface area contributed by atoms with Crippen molar-refractivity contribution in [1.29, 1.82) is 0 Å². The summed E-state index contributed by atoms with van der Waals surface area (Å²) >= 11 is 0. The fourth-order valence-corrected chi connectivity index (χ4v) is 1.16. The van der Waals surface area contributed by atoms with Gasteiger partial charge in [0.25, 0.3) is 0 Å². The van der Waals surface area contributed by atoms with Crippen LogP contribution < -0.4 is 5.11 Å². The van der Waals surface area contributed by atoms with Gasteiger partial charge in [0.1, 0.15) is 5.52 Å². The van der Waals surface area contributed by atoms with Gasteiger partial charge in [0.05, 0.1) is 18.0 Å². The molecule has 0 spiro atoms. The van der Waals surface area contributed by atoms with Gasteiger partial charge in [0, 0.05) is 0 Å². The van der Waals surface area contributed by atoms with Crippen LogP contribution in [0.25, 0.3) is 11.0 Å². The summed E-state index contributed by atoms with van der Waals surface area (Å²) in [6.07, 6.45) is 0. The lowest BCUT2D eigenvalue weighted by Crippen LogP contribution is -2.27. The van der Waals surface area contributed by atoms with Crippen molar-refractivity contribution in [3.05, 3.63) is 24.3 Å². The van der Waals surface area contributed by atoms with Crippen molar-refractivity contribution in [1.82, 2.24) is 15.0 Å². The van der Waals surface area contributed by atoms with Gasteiger partial charge in [0.2, 0.25) is 0 Å². The Balaban J connectivity index is 2.51. The van der Waals surface area contributed by atoms with E-state index in [2.05, 4.69) is 10.3 Å². The first kappa shape index (κ1) is 7.72. The number of carboxylic acid groups (broad SMARTS) is 1. The van der Waals surface area contributed by atoms with Gasteiger partial charge in [0.15, 0.2) is 0 Å². The van der Waals surface area contributed by atoms with Gasteiger partial charge >= 0.3 is 0 Å². The van der Waals surface area contributed by atoms with Crippen LogP contribution in [0.15, 0.2) is 24.3 Å². The highest BCUT2D eigenvalue weighted by Gasteiger charge is 2.01. The van der Waals surface area contributed by atoms with Crippen molar-refractivity contribution in [3.63, 3.8) is 0 Å². The molecule has 0 bridgehead atoms. The molecule has 0 atom stereocenters. The summed E-state index contributed by atoms with van der Waals surface area (Å²) in [4.78, 5) is 10.3. The van der Waals surface area contributed by atoms with Gasteiger partial charge in [-0.1, -0.05) is 17.3 Å². The second-order valence-electron chi connectivity index (χ2n) is 2.61. The van der Waals surface area contributed by atoms with E-state index in [-0.39, 0.29) is 6.54 Å². The number of rotatable bonds is 2. The molecule has 0 aliphatic rings. The van der Waals surface area contributed by atoms with Crippen molar-refractivity contribution < 1.29 is 9.90 Å². The molecule has 0 aliphatic heterocycles. The molecular weight excluding hydrogens is 170 g/mol. The zero-order chi connectivity index (χ0) is 9.26. The Hall–Kier alpha value is -1.91. The topological polar surface area (TPSA) is 70.8 Å². The van der Waals surface area contributed by atoms with Crippen LogP contribution in [-0.4, -0.2) is 21.0 Å². The highest BCUT2D eigenvalue weighted by Crippen LogP contribution is 2.08. The minimum absolute atomic E-state index is 0.263. The molecule has 1 aromatic heterocycles. The lowest BCUT2D eigenvalue weighted by molar-refractivity contribution is -0.306. The van der Waals surface area contributed by atoms with Crippen molar-refractivity contribution in [3.8, 4) is 0 Å². The predicted octanol–water partition coefficient (Wildman–Crippen LogP) is -0.819. The Morgan fingerprint density at radius 1 is 1.46 bits per heavy atom. The maximum Gasteiger partial charge on any atom is 0.113 e. The summed E-state index contributed by atoms with van der Waals surface area (Å²) in [6.45, 7) is -0.263. The van der Waals surface area contributed by atoms with E-state index >= 15 is 0 Å². The number of aliphatic carboxylic acids is 1. The molecule has 0 amide bonds. The van der Waals surface area contributed by atoms with Gasteiger partial charge in [-0.2, -0.15) is 0 Å². The third-order valence-corrected chi connectivity index (χ3v) is 1.70. The number of carboxylic acids is 1. The van der Waals surface area contributed by atoms with E-state index in [4.69, 9.17) is 0 Å². The first-order valence-corrected chi connectivity index (χ1v) is 3.75. The average Bonchev–Trinajstić information content (AvgIpc) is 2.48. The highest BCUT2D eigenvalue weighted by molar-refractivity contribution is 5.75. The molecule has 0 saturated carbocycles.